The average molecular weight is 343 g/mol. The molecule has 0 radical (unpaired) electrons. The van der Waals surface area contributed by atoms with Crippen molar-refractivity contribution in [3.05, 3.63) is 66.6 Å². The van der Waals surface area contributed by atoms with Crippen LogP contribution in [0.15, 0.2) is 65.5 Å². The SMILES string of the molecule is CCCCc1c(-c2ccoc2)nc(N)nc1-c1cccc2ccccc12. The topological polar surface area (TPSA) is 64.9 Å². The van der Waals surface area contributed by atoms with Crippen molar-refractivity contribution < 1.29 is 4.42 Å². The lowest BCUT2D eigenvalue weighted by atomic mass is 9.94. The maximum absolute atomic E-state index is 6.09. The van der Waals surface area contributed by atoms with E-state index >= 15 is 0 Å². The molecule has 130 valence electrons. The number of nitrogens with zero attached hydrogens (tertiary/aromatic N) is 2. The smallest absolute Gasteiger partial charge is 0.221 e. The van der Waals surface area contributed by atoms with Crippen molar-refractivity contribution in [2.24, 2.45) is 0 Å². The van der Waals surface area contributed by atoms with Gasteiger partial charge in [0, 0.05) is 16.7 Å². The van der Waals surface area contributed by atoms with E-state index in [-0.39, 0.29) is 5.95 Å². The van der Waals surface area contributed by atoms with Gasteiger partial charge in [-0.05, 0) is 29.7 Å². The summed E-state index contributed by atoms with van der Waals surface area (Å²) < 4.78 is 5.28. The average Bonchev–Trinajstić information content (AvgIpc) is 3.20. The van der Waals surface area contributed by atoms with Gasteiger partial charge in [0.1, 0.15) is 0 Å². The van der Waals surface area contributed by atoms with Crippen LogP contribution in [0.5, 0.6) is 0 Å². The fourth-order valence-electron chi connectivity index (χ4n) is 3.38. The number of rotatable bonds is 5. The third kappa shape index (κ3) is 2.94. The number of benzene rings is 2. The van der Waals surface area contributed by atoms with Crippen molar-refractivity contribution in [3.8, 4) is 22.5 Å². The largest absolute Gasteiger partial charge is 0.472 e. The summed E-state index contributed by atoms with van der Waals surface area (Å²) in [5, 5.41) is 2.36. The van der Waals surface area contributed by atoms with Crippen LogP contribution in [-0.4, -0.2) is 9.97 Å². The molecule has 0 saturated heterocycles. The van der Waals surface area contributed by atoms with Crippen molar-refractivity contribution in [2.75, 3.05) is 5.73 Å². The molecular formula is C22H21N3O. The van der Waals surface area contributed by atoms with Gasteiger partial charge in [-0.1, -0.05) is 55.8 Å². The van der Waals surface area contributed by atoms with Crippen molar-refractivity contribution in [3.63, 3.8) is 0 Å². The summed E-state index contributed by atoms with van der Waals surface area (Å²) >= 11 is 0. The van der Waals surface area contributed by atoms with Gasteiger partial charge in [0.2, 0.25) is 5.95 Å². The van der Waals surface area contributed by atoms with Crippen molar-refractivity contribution in [1.82, 2.24) is 9.97 Å². The molecule has 0 aliphatic rings. The third-order valence-corrected chi connectivity index (χ3v) is 4.64. The second-order valence-electron chi connectivity index (χ2n) is 6.40. The predicted octanol–water partition coefficient (Wildman–Crippen LogP) is 5.48. The molecule has 0 unspecified atom stereocenters. The fourth-order valence-corrected chi connectivity index (χ4v) is 3.38. The van der Waals surface area contributed by atoms with Crippen LogP contribution < -0.4 is 5.73 Å². The summed E-state index contributed by atoms with van der Waals surface area (Å²) in [5.74, 6) is 0.282. The Kier molecular flexibility index (Phi) is 4.40. The first-order chi connectivity index (χ1) is 12.8. The second-order valence-corrected chi connectivity index (χ2v) is 6.40. The van der Waals surface area contributed by atoms with Gasteiger partial charge < -0.3 is 10.2 Å². The van der Waals surface area contributed by atoms with Crippen molar-refractivity contribution in [1.29, 1.82) is 0 Å². The lowest BCUT2D eigenvalue weighted by Crippen LogP contribution is -2.05. The van der Waals surface area contributed by atoms with Gasteiger partial charge in [0.25, 0.3) is 0 Å². The van der Waals surface area contributed by atoms with E-state index in [1.807, 2.05) is 6.07 Å². The van der Waals surface area contributed by atoms with Crippen molar-refractivity contribution in [2.45, 2.75) is 26.2 Å². The third-order valence-electron chi connectivity index (χ3n) is 4.64. The number of furan rings is 1. The molecule has 0 fully saturated rings. The molecule has 0 bridgehead atoms. The molecule has 4 aromatic rings. The van der Waals surface area contributed by atoms with E-state index in [4.69, 9.17) is 10.2 Å². The van der Waals surface area contributed by atoms with E-state index in [1.54, 1.807) is 12.5 Å². The first kappa shape index (κ1) is 16.3. The first-order valence-electron chi connectivity index (χ1n) is 8.95. The van der Waals surface area contributed by atoms with Crippen LogP contribution in [0, 0.1) is 0 Å². The van der Waals surface area contributed by atoms with E-state index in [2.05, 4.69) is 59.4 Å². The van der Waals surface area contributed by atoms with Gasteiger partial charge in [-0.3, -0.25) is 0 Å². The van der Waals surface area contributed by atoms with Crippen LogP contribution in [0.25, 0.3) is 33.3 Å². The Morgan fingerprint density at radius 1 is 0.962 bits per heavy atom. The number of anilines is 1. The highest BCUT2D eigenvalue weighted by molar-refractivity contribution is 5.97. The second kappa shape index (κ2) is 7.00. The normalized spacial score (nSPS) is 11.1. The summed E-state index contributed by atoms with van der Waals surface area (Å²) in [4.78, 5) is 9.19. The molecule has 0 saturated carbocycles. The molecule has 4 rings (SSSR count). The lowest BCUT2D eigenvalue weighted by molar-refractivity contribution is 0.568. The summed E-state index contributed by atoms with van der Waals surface area (Å²) in [6, 6.07) is 16.6. The van der Waals surface area contributed by atoms with Crippen LogP contribution in [0.2, 0.25) is 0 Å². The van der Waals surface area contributed by atoms with E-state index in [0.717, 1.165) is 47.3 Å². The van der Waals surface area contributed by atoms with Crippen LogP contribution in [0.3, 0.4) is 0 Å². The van der Waals surface area contributed by atoms with Crippen molar-refractivity contribution >= 4 is 16.7 Å². The number of nitrogen functional groups attached to an aromatic ring is 1. The molecule has 0 amide bonds. The van der Waals surface area contributed by atoms with E-state index in [1.165, 1.54) is 10.8 Å². The number of nitrogens with two attached hydrogens (primary N) is 1. The molecule has 0 atom stereocenters. The molecule has 0 aliphatic heterocycles. The van der Waals surface area contributed by atoms with Gasteiger partial charge >= 0.3 is 0 Å². The first-order valence-corrected chi connectivity index (χ1v) is 8.95. The van der Waals surface area contributed by atoms with E-state index < -0.39 is 0 Å². The van der Waals surface area contributed by atoms with Gasteiger partial charge in [-0.15, -0.1) is 0 Å². The minimum Gasteiger partial charge on any atom is -0.472 e. The standard InChI is InChI=1S/C22H21N3O/c1-2-3-9-19-20(16-12-13-26-14-16)24-22(23)25-21(19)18-11-6-8-15-7-4-5-10-17(15)18/h4-8,10-14H,2-3,9H2,1H3,(H2,23,24,25). The molecule has 2 aromatic heterocycles. The van der Waals surface area contributed by atoms with Gasteiger partial charge in [0.05, 0.1) is 23.9 Å². The highest BCUT2D eigenvalue weighted by Gasteiger charge is 2.18. The molecule has 0 spiro atoms. The van der Waals surface area contributed by atoms with Crippen LogP contribution in [0.4, 0.5) is 5.95 Å². The maximum atomic E-state index is 6.09. The minimum atomic E-state index is 0.282. The summed E-state index contributed by atoms with van der Waals surface area (Å²) in [6.45, 7) is 2.19. The molecule has 26 heavy (non-hydrogen) atoms. The lowest BCUT2D eigenvalue weighted by Gasteiger charge is -2.15. The molecular weight excluding hydrogens is 322 g/mol. The zero-order valence-corrected chi connectivity index (χ0v) is 14.8. The maximum Gasteiger partial charge on any atom is 0.221 e. The monoisotopic (exact) mass is 343 g/mol. The Morgan fingerprint density at radius 2 is 1.77 bits per heavy atom. The summed E-state index contributed by atoms with van der Waals surface area (Å²) in [7, 11) is 0. The Hall–Kier alpha value is -3.14. The van der Waals surface area contributed by atoms with Gasteiger partial charge in [-0.25, -0.2) is 9.97 Å². The summed E-state index contributed by atoms with van der Waals surface area (Å²) in [6.07, 6.45) is 6.44. The minimum absolute atomic E-state index is 0.282. The molecule has 4 nitrogen and oxygen atoms in total. The molecule has 2 N–H and O–H groups in total. The van der Waals surface area contributed by atoms with Gasteiger partial charge in [-0.2, -0.15) is 0 Å². The molecule has 2 heterocycles. The van der Waals surface area contributed by atoms with Crippen LogP contribution in [0.1, 0.15) is 25.3 Å². The Bertz CT molecular complexity index is 1030. The quantitative estimate of drug-likeness (QED) is 0.521. The molecule has 2 aromatic carbocycles. The number of unbranched alkanes of at least 4 members (excludes halogenated alkanes) is 1. The van der Waals surface area contributed by atoms with Gasteiger partial charge in [0.15, 0.2) is 0 Å². The Balaban J connectivity index is 2.00. The number of fused-ring (bicyclic) bond motifs is 1. The number of hydrogen-bond donors (Lipinski definition) is 1. The molecule has 0 aliphatic carbocycles. The Labute approximate surface area is 152 Å². The Morgan fingerprint density at radius 3 is 2.58 bits per heavy atom. The zero-order chi connectivity index (χ0) is 17.9. The predicted molar refractivity (Wildman–Crippen MR) is 106 cm³/mol. The van der Waals surface area contributed by atoms with Crippen LogP contribution in [-0.2, 0) is 6.42 Å². The van der Waals surface area contributed by atoms with E-state index in [9.17, 15) is 0 Å². The molecule has 4 heteroatoms. The fraction of sp³-hybridized carbons (Fsp3) is 0.182. The highest BCUT2D eigenvalue weighted by Crippen LogP contribution is 2.35. The van der Waals surface area contributed by atoms with Crippen LogP contribution >= 0.6 is 0 Å². The summed E-state index contributed by atoms with van der Waals surface area (Å²) in [5.41, 5.74) is 11.0. The zero-order valence-electron chi connectivity index (χ0n) is 14.8. The van der Waals surface area contributed by atoms with E-state index in [0.29, 0.717) is 0 Å². The highest BCUT2D eigenvalue weighted by atomic mass is 16.3. The number of hydrogen-bond acceptors (Lipinski definition) is 4. The number of aromatic nitrogens is 2.